The van der Waals surface area contributed by atoms with Crippen LogP contribution < -0.4 is 10.1 Å². The molecule has 5 heteroatoms. The van der Waals surface area contributed by atoms with Crippen molar-refractivity contribution in [3.05, 3.63) is 90.0 Å². The third-order valence-corrected chi connectivity index (χ3v) is 4.70. The Morgan fingerprint density at radius 1 is 0.852 bits per heavy atom. The monoisotopic (exact) mass is 377 g/mol. The van der Waals surface area contributed by atoms with Crippen LogP contribution in [0.15, 0.2) is 83.8 Å². The van der Waals surface area contributed by atoms with Gasteiger partial charge in [-0.25, -0.2) is 0 Å². The normalized spacial score (nSPS) is 10.3. The van der Waals surface area contributed by atoms with E-state index in [4.69, 9.17) is 4.74 Å². The van der Waals surface area contributed by atoms with E-state index < -0.39 is 0 Å². The molecule has 0 aliphatic carbocycles. The molecule has 4 nitrogen and oxygen atoms in total. The van der Waals surface area contributed by atoms with Gasteiger partial charge in [0, 0.05) is 16.0 Å². The van der Waals surface area contributed by atoms with Gasteiger partial charge >= 0.3 is 0 Å². The Labute approximate surface area is 162 Å². The van der Waals surface area contributed by atoms with Gasteiger partial charge in [-0.1, -0.05) is 42.5 Å². The van der Waals surface area contributed by atoms with E-state index in [0.29, 0.717) is 16.9 Å². The Balaban J connectivity index is 1.57. The summed E-state index contributed by atoms with van der Waals surface area (Å²) in [5, 5.41) is 2.84. The molecule has 1 N–H and O–H groups in total. The molecule has 3 rings (SSSR count). The summed E-state index contributed by atoms with van der Waals surface area (Å²) in [6.07, 6.45) is 1.96. The number of hydrogen-bond acceptors (Lipinski definition) is 4. The average Bonchev–Trinajstić information content (AvgIpc) is 2.73. The third kappa shape index (κ3) is 4.99. The number of nitrogens with one attached hydrogen (secondary N) is 1. The summed E-state index contributed by atoms with van der Waals surface area (Å²) < 4.78 is 5.52. The van der Waals surface area contributed by atoms with Crippen molar-refractivity contribution >= 4 is 29.1 Å². The quantitative estimate of drug-likeness (QED) is 0.481. The molecule has 3 aromatic rings. The molecule has 3 aromatic carbocycles. The standard InChI is InChI=1S/C22H19NO3S/c1-27-20-10-6-5-9-19(20)23-21(24)15-26-18-13-11-17(12-14-18)22(25)16-7-3-2-4-8-16/h2-14H,15H2,1H3,(H,23,24). The molecule has 0 fully saturated rings. The maximum Gasteiger partial charge on any atom is 0.262 e. The van der Waals surface area contributed by atoms with Crippen LogP contribution in [-0.4, -0.2) is 24.6 Å². The summed E-state index contributed by atoms with van der Waals surface area (Å²) in [7, 11) is 0. The highest BCUT2D eigenvalue weighted by Gasteiger charge is 2.10. The van der Waals surface area contributed by atoms with E-state index in [0.717, 1.165) is 10.6 Å². The third-order valence-electron chi connectivity index (χ3n) is 3.90. The fourth-order valence-corrected chi connectivity index (χ4v) is 3.10. The molecule has 0 radical (unpaired) electrons. The lowest BCUT2D eigenvalue weighted by molar-refractivity contribution is -0.118. The maximum atomic E-state index is 12.4. The molecule has 0 heterocycles. The molecule has 0 spiro atoms. The lowest BCUT2D eigenvalue weighted by Gasteiger charge is -2.10. The van der Waals surface area contributed by atoms with Crippen molar-refractivity contribution in [1.29, 1.82) is 0 Å². The Morgan fingerprint density at radius 2 is 1.48 bits per heavy atom. The first-order valence-corrected chi connectivity index (χ1v) is 9.65. The summed E-state index contributed by atoms with van der Waals surface area (Å²) in [5.41, 5.74) is 1.98. The van der Waals surface area contributed by atoms with Gasteiger partial charge in [-0.3, -0.25) is 9.59 Å². The van der Waals surface area contributed by atoms with E-state index in [1.807, 2.05) is 48.7 Å². The van der Waals surface area contributed by atoms with E-state index in [9.17, 15) is 9.59 Å². The van der Waals surface area contributed by atoms with Crippen molar-refractivity contribution in [1.82, 2.24) is 0 Å². The smallest absolute Gasteiger partial charge is 0.262 e. The van der Waals surface area contributed by atoms with Gasteiger partial charge in [0.1, 0.15) is 5.75 Å². The minimum atomic E-state index is -0.235. The van der Waals surface area contributed by atoms with E-state index >= 15 is 0 Å². The van der Waals surface area contributed by atoms with Crippen molar-refractivity contribution in [3.63, 3.8) is 0 Å². The maximum absolute atomic E-state index is 12.4. The van der Waals surface area contributed by atoms with Crippen LogP contribution in [0.4, 0.5) is 5.69 Å². The molecule has 0 aliphatic heterocycles. The SMILES string of the molecule is CSc1ccccc1NC(=O)COc1ccc(C(=O)c2ccccc2)cc1. The molecule has 0 aliphatic rings. The lowest BCUT2D eigenvalue weighted by Crippen LogP contribution is -2.20. The highest BCUT2D eigenvalue weighted by Crippen LogP contribution is 2.24. The number of carbonyl (C=O) groups excluding carboxylic acids is 2. The zero-order chi connectivity index (χ0) is 19.1. The van der Waals surface area contributed by atoms with Crippen molar-refractivity contribution in [2.45, 2.75) is 4.90 Å². The number of thioether (sulfide) groups is 1. The van der Waals surface area contributed by atoms with Crippen molar-refractivity contribution in [2.24, 2.45) is 0 Å². The molecule has 0 saturated heterocycles. The van der Waals surface area contributed by atoms with E-state index in [2.05, 4.69) is 5.32 Å². The van der Waals surface area contributed by atoms with Crippen LogP contribution in [0.3, 0.4) is 0 Å². The van der Waals surface area contributed by atoms with Gasteiger partial charge in [-0.2, -0.15) is 0 Å². The van der Waals surface area contributed by atoms with Crippen LogP contribution in [0.2, 0.25) is 0 Å². The molecule has 0 aromatic heterocycles. The summed E-state index contributed by atoms with van der Waals surface area (Å²) in [6.45, 7) is -0.102. The minimum Gasteiger partial charge on any atom is -0.484 e. The largest absolute Gasteiger partial charge is 0.484 e. The number of ether oxygens (including phenoxy) is 1. The summed E-state index contributed by atoms with van der Waals surface area (Å²) in [4.78, 5) is 25.5. The number of para-hydroxylation sites is 1. The predicted octanol–water partition coefficient (Wildman–Crippen LogP) is 4.66. The van der Waals surface area contributed by atoms with Gasteiger partial charge in [0.25, 0.3) is 5.91 Å². The molecule has 0 atom stereocenters. The Bertz CT molecular complexity index is 924. The summed E-state index contributed by atoms with van der Waals surface area (Å²) in [5.74, 6) is 0.252. The zero-order valence-corrected chi connectivity index (χ0v) is 15.7. The number of amides is 1. The van der Waals surface area contributed by atoms with Crippen LogP contribution >= 0.6 is 11.8 Å². The van der Waals surface area contributed by atoms with E-state index in [1.54, 1.807) is 48.2 Å². The predicted molar refractivity (Wildman–Crippen MR) is 109 cm³/mol. The molecular formula is C22H19NO3S. The molecule has 1 amide bonds. The number of anilines is 1. The fraction of sp³-hybridized carbons (Fsp3) is 0.0909. The Morgan fingerprint density at radius 3 is 2.19 bits per heavy atom. The molecule has 27 heavy (non-hydrogen) atoms. The second-order valence-corrected chi connectivity index (χ2v) is 6.60. The van der Waals surface area contributed by atoms with Crippen molar-refractivity contribution in [2.75, 3.05) is 18.2 Å². The molecule has 136 valence electrons. The highest BCUT2D eigenvalue weighted by atomic mass is 32.2. The minimum absolute atomic E-state index is 0.0476. The van der Waals surface area contributed by atoms with Gasteiger partial charge in [-0.05, 0) is 42.7 Å². The topological polar surface area (TPSA) is 55.4 Å². The number of rotatable bonds is 7. The first-order valence-electron chi connectivity index (χ1n) is 8.43. The molecule has 0 unspecified atom stereocenters. The van der Waals surface area contributed by atoms with Crippen molar-refractivity contribution < 1.29 is 14.3 Å². The Hall–Kier alpha value is -3.05. The van der Waals surface area contributed by atoms with E-state index in [-0.39, 0.29) is 18.3 Å². The second kappa shape index (κ2) is 9.05. The van der Waals surface area contributed by atoms with Gasteiger partial charge in [0.2, 0.25) is 0 Å². The van der Waals surface area contributed by atoms with Crippen LogP contribution in [0.1, 0.15) is 15.9 Å². The Kier molecular flexibility index (Phi) is 6.28. The average molecular weight is 377 g/mol. The fourth-order valence-electron chi connectivity index (χ4n) is 2.54. The summed E-state index contributed by atoms with van der Waals surface area (Å²) in [6, 6.07) is 23.5. The summed E-state index contributed by atoms with van der Waals surface area (Å²) >= 11 is 1.57. The van der Waals surface area contributed by atoms with Gasteiger partial charge < -0.3 is 10.1 Å². The van der Waals surface area contributed by atoms with Crippen LogP contribution in [0.25, 0.3) is 0 Å². The molecular weight excluding hydrogens is 358 g/mol. The lowest BCUT2D eigenvalue weighted by atomic mass is 10.0. The number of benzene rings is 3. The number of carbonyl (C=O) groups is 2. The number of ketones is 1. The number of hydrogen-bond donors (Lipinski definition) is 1. The highest BCUT2D eigenvalue weighted by molar-refractivity contribution is 7.98. The molecule has 0 saturated carbocycles. The van der Waals surface area contributed by atoms with Gasteiger partial charge in [-0.15, -0.1) is 11.8 Å². The first-order chi connectivity index (χ1) is 13.2. The van der Waals surface area contributed by atoms with Crippen LogP contribution in [-0.2, 0) is 4.79 Å². The van der Waals surface area contributed by atoms with Crippen molar-refractivity contribution in [3.8, 4) is 5.75 Å². The molecule has 0 bridgehead atoms. The van der Waals surface area contributed by atoms with Gasteiger partial charge in [0.05, 0.1) is 5.69 Å². The van der Waals surface area contributed by atoms with E-state index in [1.165, 1.54) is 0 Å². The van der Waals surface area contributed by atoms with Crippen LogP contribution in [0.5, 0.6) is 5.75 Å². The van der Waals surface area contributed by atoms with Crippen LogP contribution in [0, 0.1) is 0 Å². The second-order valence-electron chi connectivity index (χ2n) is 5.76. The first kappa shape index (κ1) is 18.7. The van der Waals surface area contributed by atoms with Gasteiger partial charge in [0.15, 0.2) is 12.4 Å². The zero-order valence-electron chi connectivity index (χ0n) is 14.8.